The van der Waals surface area contributed by atoms with Gasteiger partial charge in [0.1, 0.15) is 12.3 Å². The van der Waals surface area contributed by atoms with Crippen molar-refractivity contribution in [2.75, 3.05) is 12.3 Å². The second kappa shape index (κ2) is 12.7. The van der Waals surface area contributed by atoms with Crippen LogP contribution in [0.5, 0.6) is 0 Å². The third kappa shape index (κ3) is 8.98. The number of phosphoric acid groups is 3. The van der Waals surface area contributed by atoms with E-state index < -0.39 is 54.1 Å². The van der Waals surface area contributed by atoms with Gasteiger partial charge in [-0.25, -0.2) is 18.7 Å². The van der Waals surface area contributed by atoms with Crippen molar-refractivity contribution in [1.29, 1.82) is 0 Å². The van der Waals surface area contributed by atoms with Crippen molar-refractivity contribution >= 4 is 97.2 Å². The average Bonchev–Trinajstić information content (AvgIpc) is 3.13. The van der Waals surface area contributed by atoms with Gasteiger partial charge in [0.2, 0.25) is 5.95 Å². The number of aromatic amines is 1. The molecule has 3 rings (SSSR count). The smallest absolute Gasteiger partial charge is 0.390 e. The summed E-state index contributed by atoms with van der Waals surface area (Å²) in [5.41, 5.74) is 4.89. The first-order valence-corrected chi connectivity index (χ1v) is 12.5. The molecule has 34 heavy (non-hydrogen) atoms. The van der Waals surface area contributed by atoms with E-state index in [1.807, 2.05) is 0 Å². The van der Waals surface area contributed by atoms with Crippen molar-refractivity contribution in [3.05, 3.63) is 16.7 Å². The molecule has 24 heteroatoms. The van der Waals surface area contributed by atoms with Crippen LogP contribution in [0.2, 0.25) is 0 Å². The average molecular weight is 528 g/mol. The zero-order chi connectivity index (χ0) is 23.2. The summed E-state index contributed by atoms with van der Waals surface area (Å²) >= 11 is 0. The Morgan fingerprint density at radius 1 is 1.15 bits per heavy atom. The van der Waals surface area contributed by atoms with Gasteiger partial charge in [-0.1, -0.05) is 0 Å². The third-order valence-corrected chi connectivity index (χ3v) is 7.59. The van der Waals surface area contributed by atoms with E-state index in [2.05, 4.69) is 28.1 Å². The SMILES string of the molecule is Nc1nc2c(ncn2[C@H]2C[C@H](O)[C@@H](COP(=O)(O)OP(=O)(O)OP(=O)(O)O)O2)c(=O)[nH]1.[Li].[Li].[Li]. The van der Waals surface area contributed by atoms with Crippen molar-refractivity contribution in [3.8, 4) is 0 Å². The molecule has 1 fully saturated rings. The molecule has 0 spiro atoms. The second-order valence-corrected chi connectivity index (χ2v) is 10.5. The van der Waals surface area contributed by atoms with Crippen molar-refractivity contribution in [3.63, 3.8) is 0 Å². The maximum Gasteiger partial charge on any atom is 0.490 e. The van der Waals surface area contributed by atoms with Crippen LogP contribution < -0.4 is 11.3 Å². The zero-order valence-corrected chi connectivity index (χ0v) is 20.7. The van der Waals surface area contributed by atoms with Crippen LogP contribution in [0.1, 0.15) is 12.6 Å². The van der Waals surface area contributed by atoms with E-state index in [0.717, 1.165) is 0 Å². The molecule has 1 saturated heterocycles. The molecule has 177 valence electrons. The van der Waals surface area contributed by atoms with E-state index in [1.54, 1.807) is 0 Å². The minimum absolute atomic E-state index is 0. The monoisotopic (exact) mass is 528 g/mol. The van der Waals surface area contributed by atoms with E-state index in [4.69, 9.17) is 25.2 Å². The molecule has 2 aromatic rings. The molecule has 5 atom stereocenters. The number of hydrogen-bond acceptors (Lipinski definition) is 12. The number of aliphatic hydroxyl groups excluding tert-OH is 1. The fourth-order valence-electron chi connectivity index (χ4n) is 2.66. The Bertz CT molecular complexity index is 1190. The molecule has 0 amide bonds. The predicted molar refractivity (Wildman–Crippen MR) is 114 cm³/mol. The molecule has 3 radical (unpaired) electrons. The molecule has 1 aliphatic rings. The fraction of sp³-hybridized carbons (Fsp3) is 0.500. The van der Waals surface area contributed by atoms with Gasteiger partial charge in [0.25, 0.3) is 5.56 Å². The van der Waals surface area contributed by atoms with Gasteiger partial charge in [0.15, 0.2) is 11.2 Å². The maximum atomic E-state index is 11.8. The normalized spacial score (nSPS) is 23.7. The number of H-pyrrole nitrogens is 1. The first-order valence-electron chi connectivity index (χ1n) is 8.00. The van der Waals surface area contributed by atoms with Crippen LogP contribution in [0.4, 0.5) is 5.95 Å². The van der Waals surface area contributed by atoms with E-state index in [0.29, 0.717) is 0 Å². The first kappa shape index (κ1) is 34.3. The number of nitrogen functional groups attached to an aromatic ring is 1. The molecule has 0 saturated carbocycles. The Morgan fingerprint density at radius 3 is 2.35 bits per heavy atom. The van der Waals surface area contributed by atoms with Crippen LogP contribution >= 0.6 is 23.5 Å². The number of anilines is 1. The van der Waals surface area contributed by atoms with Crippen LogP contribution in [0.15, 0.2) is 11.1 Å². The molecule has 1 aliphatic heterocycles. The number of nitrogens with one attached hydrogen (secondary N) is 1. The van der Waals surface area contributed by atoms with Gasteiger partial charge >= 0.3 is 23.5 Å². The van der Waals surface area contributed by atoms with Gasteiger partial charge in [-0.2, -0.15) is 13.6 Å². The van der Waals surface area contributed by atoms with Crippen LogP contribution in [-0.4, -0.2) is 120 Å². The molecule has 0 aliphatic carbocycles. The maximum absolute atomic E-state index is 11.8. The minimum atomic E-state index is -5.67. The quantitative estimate of drug-likeness (QED) is 0.138. The number of aromatic nitrogens is 4. The van der Waals surface area contributed by atoms with Crippen LogP contribution in [0.25, 0.3) is 11.2 Å². The summed E-state index contributed by atoms with van der Waals surface area (Å²) in [4.78, 5) is 57.5. The first-order chi connectivity index (χ1) is 14.2. The summed E-state index contributed by atoms with van der Waals surface area (Å²) in [7, 11) is -16.6. The standard InChI is InChI=1S/C10H16N5O13P3.3Li/c11-10-13-8-7(9(17)14-10)12-3-15(8)6-1-4(16)5(26-6)2-25-30(21,22)28-31(23,24)27-29(18,19)20;;;/h3-6,16H,1-2H2,(H,21,22)(H,23,24)(H2,18,19,20)(H3,11,13,14,17);;;/t4-,5+,6+;;;/m0.../s1. The number of ether oxygens (including phenoxy) is 1. The third-order valence-electron chi connectivity index (χ3n) is 3.78. The largest absolute Gasteiger partial charge is 0.490 e. The van der Waals surface area contributed by atoms with Gasteiger partial charge in [0, 0.05) is 63.0 Å². The number of imidazole rings is 1. The summed E-state index contributed by atoms with van der Waals surface area (Å²) in [6.07, 6.45) is -2.36. The Hall–Kier alpha value is 0.272. The fourth-order valence-corrected chi connectivity index (χ4v) is 5.69. The second-order valence-electron chi connectivity index (χ2n) is 6.09. The van der Waals surface area contributed by atoms with Gasteiger partial charge in [-0.3, -0.25) is 18.9 Å². The molecular weight excluding hydrogens is 512 g/mol. The molecule has 18 nitrogen and oxygen atoms in total. The molecule has 3 heterocycles. The Kier molecular flexibility index (Phi) is 12.8. The Morgan fingerprint density at radius 2 is 1.76 bits per heavy atom. The summed E-state index contributed by atoms with van der Waals surface area (Å²) in [6.45, 7) is -0.843. The molecule has 2 unspecified atom stereocenters. The summed E-state index contributed by atoms with van der Waals surface area (Å²) in [5.74, 6) is -0.193. The minimum Gasteiger partial charge on any atom is -0.390 e. The van der Waals surface area contributed by atoms with Crippen molar-refractivity contribution in [2.24, 2.45) is 0 Å². The van der Waals surface area contributed by atoms with Crippen LogP contribution in [-0.2, 0) is 31.6 Å². The van der Waals surface area contributed by atoms with Crippen molar-refractivity contribution < 1.29 is 56.3 Å². The number of nitrogens with two attached hydrogens (primary N) is 1. The van der Waals surface area contributed by atoms with E-state index in [-0.39, 0.29) is 80.1 Å². The summed E-state index contributed by atoms with van der Waals surface area (Å²) in [5, 5.41) is 10.1. The van der Waals surface area contributed by atoms with E-state index in [1.165, 1.54) is 10.9 Å². The summed E-state index contributed by atoms with van der Waals surface area (Å²) in [6, 6.07) is 0. The number of nitrogens with zero attached hydrogens (tertiary/aromatic N) is 3. The Labute approximate surface area is 225 Å². The predicted octanol–water partition coefficient (Wildman–Crippen LogP) is -2.45. The number of phosphoric ester groups is 1. The zero-order valence-electron chi connectivity index (χ0n) is 18.0. The van der Waals surface area contributed by atoms with Gasteiger partial charge < -0.3 is 35.2 Å². The van der Waals surface area contributed by atoms with Gasteiger partial charge in [-0.15, -0.1) is 0 Å². The van der Waals surface area contributed by atoms with E-state index >= 15 is 0 Å². The molecule has 8 N–H and O–H groups in total. The van der Waals surface area contributed by atoms with Gasteiger partial charge in [-0.05, 0) is 0 Å². The van der Waals surface area contributed by atoms with Crippen molar-refractivity contribution in [2.45, 2.75) is 24.9 Å². The number of fused-ring (bicyclic) bond motifs is 1. The molecule has 0 aromatic carbocycles. The van der Waals surface area contributed by atoms with Crippen LogP contribution in [0.3, 0.4) is 0 Å². The molecule has 0 bridgehead atoms. The number of hydrogen-bond donors (Lipinski definition) is 7. The number of aliphatic hydroxyl groups is 1. The Balaban J connectivity index is 0.00000363. The summed E-state index contributed by atoms with van der Waals surface area (Å²) < 4.78 is 52.1. The number of rotatable bonds is 8. The van der Waals surface area contributed by atoms with Crippen molar-refractivity contribution in [1.82, 2.24) is 19.5 Å². The van der Waals surface area contributed by atoms with E-state index in [9.17, 15) is 28.5 Å². The molecule has 2 aromatic heterocycles. The molecular formula is C10H16Li3N5O13P3. The van der Waals surface area contributed by atoms with Gasteiger partial charge in [0.05, 0.1) is 19.0 Å². The van der Waals surface area contributed by atoms with Crippen LogP contribution in [0, 0.1) is 0 Å². The topological polar surface area (TPSA) is 279 Å².